The molecular formula is C11H14N4O2. The molecule has 0 radical (unpaired) electrons. The van der Waals surface area contributed by atoms with Crippen LogP contribution in [0.4, 0.5) is 0 Å². The number of rotatable bonds is 3. The van der Waals surface area contributed by atoms with Crippen molar-refractivity contribution in [2.75, 3.05) is 6.54 Å². The van der Waals surface area contributed by atoms with Crippen molar-refractivity contribution < 1.29 is 9.90 Å². The van der Waals surface area contributed by atoms with E-state index in [1.54, 1.807) is 0 Å². The Morgan fingerprint density at radius 3 is 3.06 bits per heavy atom. The van der Waals surface area contributed by atoms with Crippen LogP contribution in [0.25, 0.3) is 0 Å². The predicted octanol–water partition coefficient (Wildman–Crippen LogP) is 0.483. The molecule has 1 unspecified atom stereocenters. The molecule has 0 aromatic carbocycles. The molecule has 1 aliphatic carbocycles. The van der Waals surface area contributed by atoms with Crippen molar-refractivity contribution in [3.8, 4) is 6.07 Å². The normalized spacial score (nSPS) is 18.5. The van der Waals surface area contributed by atoms with Crippen LogP contribution in [0.3, 0.4) is 0 Å². The Bertz CT molecular complexity index is 486. The fourth-order valence-corrected chi connectivity index (χ4v) is 2.46. The number of nitriles is 1. The second-order valence-corrected chi connectivity index (χ2v) is 4.15. The van der Waals surface area contributed by atoms with E-state index in [1.807, 2.05) is 6.07 Å². The highest BCUT2D eigenvalue weighted by atomic mass is 16.4. The highest BCUT2D eigenvalue weighted by Gasteiger charge is 2.30. The number of aromatic nitrogens is 2. The second kappa shape index (κ2) is 4.55. The van der Waals surface area contributed by atoms with Gasteiger partial charge in [-0.25, -0.2) is 4.79 Å². The van der Waals surface area contributed by atoms with Crippen LogP contribution in [-0.2, 0) is 13.0 Å². The van der Waals surface area contributed by atoms with Crippen molar-refractivity contribution in [1.29, 1.82) is 5.26 Å². The van der Waals surface area contributed by atoms with E-state index in [9.17, 15) is 4.79 Å². The first kappa shape index (κ1) is 11.6. The van der Waals surface area contributed by atoms with Gasteiger partial charge >= 0.3 is 5.97 Å². The first-order valence-electron chi connectivity index (χ1n) is 5.59. The van der Waals surface area contributed by atoms with Gasteiger partial charge in [0.2, 0.25) is 0 Å². The van der Waals surface area contributed by atoms with Crippen molar-refractivity contribution in [3.05, 3.63) is 17.0 Å². The minimum Gasteiger partial charge on any atom is -0.476 e. The van der Waals surface area contributed by atoms with Crippen molar-refractivity contribution in [3.63, 3.8) is 0 Å². The number of carboxylic acid groups (broad SMARTS) is 1. The highest BCUT2D eigenvalue weighted by molar-refractivity contribution is 5.87. The van der Waals surface area contributed by atoms with E-state index < -0.39 is 5.97 Å². The average molecular weight is 234 g/mol. The summed E-state index contributed by atoms with van der Waals surface area (Å²) in [4.78, 5) is 11.2. The Kier molecular flexibility index (Phi) is 3.11. The minimum atomic E-state index is -1.04. The van der Waals surface area contributed by atoms with Gasteiger partial charge in [0.1, 0.15) is 6.54 Å². The van der Waals surface area contributed by atoms with Gasteiger partial charge in [-0.1, -0.05) is 0 Å². The molecule has 0 spiro atoms. The quantitative estimate of drug-likeness (QED) is 0.791. The summed E-state index contributed by atoms with van der Waals surface area (Å²) in [7, 11) is 0. The third kappa shape index (κ3) is 1.89. The molecule has 1 aromatic rings. The number of hydrogen-bond donors (Lipinski definition) is 2. The lowest BCUT2D eigenvalue weighted by molar-refractivity contribution is 0.0687. The van der Waals surface area contributed by atoms with Crippen molar-refractivity contribution in [2.45, 2.75) is 31.7 Å². The maximum absolute atomic E-state index is 11.2. The molecular weight excluding hydrogens is 220 g/mol. The maximum Gasteiger partial charge on any atom is 0.356 e. The van der Waals surface area contributed by atoms with Crippen LogP contribution in [0.5, 0.6) is 0 Å². The zero-order valence-electron chi connectivity index (χ0n) is 9.39. The summed E-state index contributed by atoms with van der Waals surface area (Å²) in [5.74, 6) is -0.990. The number of nitrogens with two attached hydrogens (primary N) is 1. The molecule has 1 aromatic heterocycles. The number of nitrogens with zero attached hydrogens (tertiary/aromatic N) is 3. The monoisotopic (exact) mass is 234 g/mol. The maximum atomic E-state index is 11.2. The third-order valence-electron chi connectivity index (χ3n) is 3.18. The molecule has 1 atom stereocenters. The van der Waals surface area contributed by atoms with Gasteiger partial charge in [0.05, 0.1) is 6.07 Å². The first-order valence-corrected chi connectivity index (χ1v) is 5.59. The molecule has 1 aliphatic rings. The zero-order valence-corrected chi connectivity index (χ0v) is 9.39. The number of fused-ring (bicyclic) bond motifs is 1. The number of hydrogen-bond acceptors (Lipinski definition) is 4. The Labute approximate surface area is 98.6 Å². The van der Waals surface area contributed by atoms with Crippen LogP contribution in [0.15, 0.2) is 0 Å². The average Bonchev–Trinajstić information content (AvgIpc) is 2.69. The lowest BCUT2D eigenvalue weighted by Gasteiger charge is -2.21. The van der Waals surface area contributed by atoms with Gasteiger partial charge < -0.3 is 10.8 Å². The molecule has 2 rings (SSSR count). The van der Waals surface area contributed by atoms with E-state index in [0.717, 1.165) is 30.5 Å². The minimum absolute atomic E-state index is 0.0530. The van der Waals surface area contributed by atoms with Gasteiger partial charge in [-0.2, -0.15) is 10.4 Å². The van der Waals surface area contributed by atoms with Gasteiger partial charge in [-0.05, 0) is 25.8 Å². The smallest absolute Gasteiger partial charge is 0.356 e. The predicted molar refractivity (Wildman–Crippen MR) is 59.5 cm³/mol. The van der Waals surface area contributed by atoms with E-state index in [1.165, 1.54) is 4.68 Å². The molecule has 0 bridgehead atoms. The van der Waals surface area contributed by atoms with E-state index in [4.69, 9.17) is 16.1 Å². The SMILES string of the molecule is N#CCn1nc(C(=O)O)c2c1CCCC2CN. The molecule has 1 heterocycles. The Morgan fingerprint density at radius 1 is 1.71 bits per heavy atom. The summed E-state index contributed by atoms with van der Waals surface area (Å²) < 4.78 is 1.50. The van der Waals surface area contributed by atoms with Gasteiger partial charge in [0.25, 0.3) is 0 Å². The second-order valence-electron chi connectivity index (χ2n) is 4.15. The molecule has 17 heavy (non-hydrogen) atoms. The fourth-order valence-electron chi connectivity index (χ4n) is 2.46. The molecule has 3 N–H and O–H groups in total. The molecule has 6 heteroatoms. The summed E-state index contributed by atoms with van der Waals surface area (Å²) in [5, 5.41) is 21.9. The molecule has 0 saturated carbocycles. The summed E-state index contributed by atoms with van der Waals surface area (Å²) in [6.45, 7) is 0.512. The Hall–Kier alpha value is -1.87. The van der Waals surface area contributed by atoms with Gasteiger partial charge in [-0.15, -0.1) is 0 Å². The fraction of sp³-hybridized carbons (Fsp3) is 0.545. The number of carboxylic acids is 1. The van der Waals surface area contributed by atoms with Gasteiger partial charge in [-0.3, -0.25) is 4.68 Å². The molecule has 0 aliphatic heterocycles. The number of aromatic carboxylic acids is 1. The van der Waals surface area contributed by atoms with E-state index in [-0.39, 0.29) is 18.2 Å². The van der Waals surface area contributed by atoms with Crippen LogP contribution < -0.4 is 5.73 Å². The summed E-state index contributed by atoms with van der Waals surface area (Å²) in [5.41, 5.74) is 7.34. The Balaban J connectivity index is 2.55. The third-order valence-corrected chi connectivity index (χ3v) is 3.18. The van der Waals surface area contributed by atoms with Crippen LogP contribution in [0, 0.1) is 11.3 Å². The van der Waals surface area contributed by atoms with Crippen LogP contribution in [0.1, 0.15) is 40.5 Å². The topological polar surface area (TPSA) is 105 Å². The van der Waals surface area contributed by atoms with Crippen molar-refractivity contribution in [2.24, 2.45) is 5.73 Å². The van der Waals surface area contributed by atoms with Crippen LogP contribution >= 0.6 is 0 Å². The van der Waals surface area contributed by atoms with Gasteiger partial charge in [0.15, 0.2) is 5.69 Å². The zero-order chi connectivity index (χ0) is 12.4. The molecule has 0 amide bonds. The molecule has 0 saturated heterocycles. The van der Waals surface area contributed by atoms with E-state index in [0.29, 0.717) is 6.54 Å². The number of carbonyl (C=O) groups is 1. The summed E-state index contributed by atoms with van der Waals surface area (Å²) in [6, 6.07) is 2.00. The largest absolute Gasteiger partial charge is 0.476 e. The van der Waals surface area contributed by atoms with E-state index in [2.05, 4.69) is 5.10 Å². The van der Waals surface area contributed by atoms with Gasteiger partial charge in [0, 0.05) is 17.2 Å². The van der Waals surface area contributed by atoms with Crippen LogP contribution in [-0.4, -0.2) is 27.4 Å². The first-order chi connectivity index (χ1) is 8.19. The summed E-state index contributed by atoms with van der Waals surface area (Å²) >= 11 is 0. The lowest BCUT2D eigenvalue weighted by Crippen LogP contribution is -2.20. The molecule has 0 fully saturated rings. The molecule has 6 nitrogen and oxygen atoms in total. The van der Waals surface area contributed by atoms with Crippen molar-refractivity contribution >= 4 is 5.97 Å². The van der Waals surface area contributed by atoms with Crippen LogP contribution in [0.2, 0.25) is 0 Å². The van der Waals surface area contributed by atoms with E-state index >= 15 is 0 Å². The highest BCUT2D eigenvalue weighted by Crippen LogP contribution is 2.33. The Morgan fingerprint density at radius 2 is 2.47 bits per heavy atom. The standard InChI is InChI=1S/C11H14N4O2/c12-4-5-15-8-3-1-2-7(6-13)9(8)10(14-15)11(16)17/h7H,1-3,5-6,13H2,(H,16,17). The molecule has 90 valence electrons. The lowest BCUT2D eigenvalue weighted by atomic mass is 9.85. The summed E-state index contributed by atoms with van der Waals surface area (Å²) in [6.07, 6.45) is 2.63. The van der Waals surface area contributed by atoms with Crippen molar-refractivity contribution in [1.82, 2.24) is 9.78 Å².